The van der Waals surface area contributed by atoms with Crippen molar-refractivity contribution in [2.45, 2.75) is 32.2 Å². The molecule has 1 fully saturated rings. The van der Waals surface area contributed by atoms with Gasteiger partial charge in [0.15, 0.2) is 0 Å². The number of esters is 1. The first-order chi connectivity index (χ1) is 10.6. The van der Waals surface area contributed by atoms with Gasteiger partial charge in [0.05, 0.1) is 12.8 Å². The molecule has 0 saturated carbocycles. The van der Waals surface area contributed by atoms with Crippen molar-refractivity contribution in [3.8, 4) is 0 Å². The van der Waals surface area contributed by atoms with Gasteiger partial charge in [0.2, 0.25) is 5.91 Å². The van der Waals surface area contributed by atoms with E-state index < -0.39 is 25.3 Å². The van der Waals surface area contributed by atoms with Crippen LogP contribution in [0.15, 0.2) is 12.2 Å². The van der Waals surface area contributed by atoms with Crippen molar-refractivity contribution in [2.75, 3.05) is 25.9 Å². The second-order valence-electron chi connectivity index (χ2n) is 5.68. The monoisotopic (exact) mass is 348 g/mol. The van der Waals surface area contributed by atoms with Gasteiger partial charge in [-0.15, -0.1) is 0 Å². The number of carbonyl (C=O) groups is 2. The Morgan fingerprint density at radius 2 is 1.96 bits per heavy atom. The lowest BCUT2D eigenvalue weighted by Gasteiger charge is -2.39. The number of allylic oxidation sites excluding steroid dienone is 1. The fourth-order valence-electron chi connectivity index (χ4n) is 2.68. The minimum absolute atomic E-state index is 0.0285. The second-order valence-corrected chi connectivity index (χ2v) is 7.38. The third-order valence-electron chi connectivity index (χ3n) is 3.98. The molecule has 0 bridgehead atoms. The molecule has 4 N–H and O–H groups in total. The topological polar surface area (TPSA) is 130 Å². The maximum Gasteiger partial charge on any atom is 0.330 e. The quantitative estimate of drug-likeness (QED) is 0.356. The molecule has 9 heteroatoms. The van der Waals surface area contributed by atoms with Crippen molar-refractivity contribution in [2.24, 2.45) is 11.7 Å². The van der Waals surface area contributed by atoms with Gasteiger partial charge in [0.1, 0.15) is 5.54 Å². The number of rotatable bonds is 6. The standard InChI is InChI=1S/C14H25N2O6P/c1-3-22-13(18)14(15,7-4-10-23(19,20)21)12-5-8-16(9-6-12)11(2)17/h4,7,12H,3,5-6,8-10,15H2,1-2H3,(H2,19,20,21). The molecule has 1 amide bonds. The number of nitrogens with two attached hydrogens (primary N) is 1. The van der Waals surface area contributed by atoms with E-state index in [1.165, 1.54) is 19.1 Å². The normalized spacial score (nSPS) is 19.6. The molecular formula is C14H25N2O6P. The summed E-state index contributed by atoms with van der Waals surface area (Å²) in [4.78, 5) is 43.2. The van der Waals surface area contributed by atoms with Gasteiger partial charge in [-0.25, -0.2) is 4.79 Å². The largest absolute Gasteiger partial charge is 0.464 e. The Morgan fingerprint density at radius 1 is 1.39 bits per heavy atom. The van der Waals surface area contributed by atoms with Crippen molar-refractivity contribution in [1.82, 2.24) is 4.90 Å². The summed E-state index contributed by atoms with van der Waals surface area (Å²) in [5.41, 5.74) is 4.79. The minimum Gasteiger partial charge on any atom is -0.464 e. The zero-order valence-electron chi connectivity index (χ0n) is 13.5. The molecular weight excluding hydrogens is 323 g/mol. The van der Waals surface area contributed by atoms with Gasteiger partial charge in [-0.2, -0.15) is 0 Å². The van der Waals surface area contributed by atoms with Crippen molar-refractivity contribution in [3.63, 3.8) is 0 Å². The lowest BCUT2D eigenvalue weighted by atomic mass is 9.78. The molecule has 0 aromatic carbocycles. The van der Waals surface area contributed by atoms with Gasteiger partial charge >= 0.3 is 13.6 Å². The first kappa shape index (κ1) is 19.8. The van der Waals surface area contributed by atoms with Gasteiger partial charge in [-0.05, 0) is 25.7 Å². The van der Waals surface area contributed by atoms with Crippen LogP contribution in [0.4, 0.5) is 0 Å². The van der Waals surface area contributed by atoms with Crippen LogP contribution in [0.25, 0.3) is 0 Å². The molecule has 0 aliphatic carbocycles. The third kappa shape index (κ3) is 5.73. The zero-order valence-corrected chi connectivity index (χ0v) is 14.4. The average Bonchev–Trinajstić information content (AvgIpc) is 2.46. The van der Waals surface area contributed by atoms with Gasteiger partial charge < -0.3 is 25.2 Å². The van der Waals surface area contributed by atoms with E-state index in [-0.39, 0.29) is 18.4 Å². The SMILES string of the molecule is CCOC(=O)C(N)(C=CCP(=O)(O)O)C1CCN(C(C)=O)CC1. The van der Waals surface area contributed by atoms with E-state index in [2.05, 4.69) is 0 Å². The second kappa shape index (κ2) is 8.06. The van der Waals surface area contributed by atoms with Gasteiger partial charge in [-0.1, -0.05) is 12.2 Å². The number of ether oxygens (including phenoxy) is 1. The molecule has 1 heterocycles. The third-order valence-corrected chi connectivity index (χ3v) is 4.67. The summed E-state index contributed by atoms with van der Waals surface area (Å²) in [5, 5.41) is 0. The highest BCUT2D eigenvalue weighted by Gasteiger charge is 2.43. The number of likely N-dealkylation sites (tertiary alicyclic amines) is 1. The summed E-state index contributed by atoms with van der Waals surface area (Å²) < 4.78 is 16.0. The number of amides is 1. The molecule has 1 rings (SSSR count). The maximum atomic E-state index is 12.3. The number of hydrogen-bond acceptors (Lipinski definition) is 5. The summed E-state index contributed by atoms with van der Waals surface area (Å²) in [5.74, 6) is -0.910. The van der Waals surface area contributed by atoms with Crippen LogP contribution in [0.5, 0.6) is 0 Å². The molecule has 8 nitrogen and oxygen atoms in total. The van der Waals surface area contributed by atoms with Crippen LogP contribution in [-0.4, -0.2) is 58.0 Å². The molecule has 1 saturated heterocycles. The molecule has 1 aliphatic heterocycles. The van der Waals surface area contributed by atoms with E-state index in [1.807, 2.05) is 0 Å². The summed E-state index contributed by atoms with van der Waals surface area (Å²) in [7, 11) is -4.21. The summed E-state index contributed by atoms with van der Waals surface area (Å²) in [6.07, 6.45) is 3.12. The van der Waals surface area contributed by atoms with Crippen LogP contribution >= 0.6 is 7.60 Å². The predicted molar refractivity (Wildman–Crippen MR) is 84.6 cm³/mol. The molecule has 23 heavy (non-hydrogen) atoms. The Balaban J connectivity index is 2.90. The van der Waals surface area contributed by atoms with Gasteiger partial charge in [0, 0.05) is 20.0 Å². The predicted octanol–water partition coefficient (Wildman–Crippen LogP) is 0.239. The Kier molecular flexibility index (Phi) is 6.95. The van der Waals surface area contributed by atoms with Gasteiger partial charge in [-0.3, -0.25) is 9.36 Å². The summed E-state index contributed by atoms with van der Waals surface area (Å²) in [6.45, 7) is 4.29. The van der Waals surface area contributed by atoms with E-state index in [9.17, 15) is 14.2 Å². The Morgan fingerprint density at radius 3 is 2.39 bits per heavy atom. The molecule has 1 atom stereocenters. The average molecular weight is 348 g/mol. The maximum absolute atomic E-state index is 12.3. The molecule has 0 aromatic heterocycles. The van der Waals surface area contributed by atoms with Crippen molar-refractivity contribution in [3.05, 3.63) is 12.2 Å². The molecule has 0 aromatic rings. The number of nitrogens with zero attached hydrogens (tertiary/aromatic N) is 1. The van der Waals surface area contributed by atoms with Crippen LogP contribution in [0.2, 0.25) is 0 Å². The van der Waals surface area contributed by atoms with E-state index in [4.69, 9.17) is 20.3 Å². The van der Waals surface area contributed by atoms with Crippen LogP contribution in [0, 0.1) is 5.92 Å². The van der Waals surface area contributed by atoms with Crippen molar-refractivity contribution < 1.29 is 28.7 Å². The highest BCUT2D eigenvalue weighted by atomic mass is 31.2. The number of piperidine rings is 1. The lowest BCUT2D eigenvalue weighted by molar-refractivity contribution is -0.150. The highest BCUT2D eigenvalue weighted by Crippen LogP contribution is 2.35. The van der Waals surface area contributed by atoms with Crippen molar-refractivity contribution in [1.29, 1.82) is 0 Å². The first-order valence-electron chi connectivity index (χ1n) is 7.54. The lowest BCUT2D eigenvalue weighted by Crippen LogP contribution is -2.56. The van der Waals surface area contributed by atoms with Crippen LogP contribution < -0.4 is 5.73 Å². The van der Waals surface area contributed by atoms with Crippen LogP contribution in [0.1, 0.15) is 26.7 Å². The van der Waals surface area contributed by atoms with E-state index in [0.717, 1.165) is 0 Å². The molecule has 0 spiro atoms. The highest BCUT2D eigenvalue weighted by molar-refractivity contribution is 7.51. The summed E-state index contributed by atoms with van der Waals surface area (Å²) >= 11 is 0. The molecule has 1 unspecified atom stereocenters. The Hall–Kier alpha value is -1.21. The van der Waals surface area contributed by atoms with Crippen molar-refractivity contribution >= 4 is 19.5 Å². The molecule has 132 valence electrons. The smallest absolute Gasteiger partial charge is 0.330 e. The molecule has 1 aliphatic rings. The fraction of sp³-hybridized carbons (Fsp3) is 0.714. The zero-order chi connectivity index (χ0) is 17.7. The fourth-order valence-corrected chi connectivity index (χ4v) is 3.06. The van der Waals surface area contributed by atoms with Crippen LogP contribution in [0.3, 0.4) is 0 Å². The molecule has 0 radical (unpaired) electrons. The first-order valence-corrected chi connectivity index (χ1v) is 9.33. The van der Waals surface area contributed by atoms with Gasteiger partial charge in [0.25, 0.3) is 0 Å². The van der Waals surface area contributed by atoms with E-state index in [0.29, 0.717) is 25.9 Å². The Labute approximate surface area is 135 Å². The summed E-state index contributed by atoms with van der Waals surface area (Å²) in [6, 6.07) is 0. The van der Waals surface area contributed by atoms with E-state index >= 15 is 0 Å². The van der Waals surface area contributed by atoms with E-state index in [1.54, 1.807) is 11.8 Å². The minimum atomic E-state index is -4.21. The number of carbonyl (C=O) groups excluding carboxylic acids is 2. The Bertz CT molecular complexity index is 509. The van der Waals surface area contributed by atoms with Crippen LogP contribution in [-0.2, 0) is 18.9 Å². The number of hydrogen-bond donors (Lipinski definition) is 3.